The number of fused-ring (bicyclic) bond motifs is 1. The van der Waals surface area contributed by atoms with E-state index in [2.05, 4.69) is 22.4 Å². The molecule has 1 aliphatic rings. The van der Waals surface area contributed by atoms with Gasteiger partial charge in [-0.1, -0.05) is 23.9 Å². The third-order valence-corrected chi connectivity index (χ3v) is 3.94. The molecule has 2 heterocycles. The van der Waals surface area contributed by atoms with E-state index in [1.165, 1.54) is 10.5 Å². The normalized spacial score (nSPS) is 17.4. The molecule has 0 saturated carbocycles. The molecule has 0 fully saturated rings. The summed E-state index contributed by atoms with van der Waals surface area (Å²) in [6.45, 7) is 0. The van der Waals surface area contributed by atoms with Crippen LogP contribution < -0.4 is 10.1 Å². The van der Waals surface area contributed by atoms with E-state index < -0.39 is 0 Å². The number of anilines is 1. The topological polar surface area (TPSA) is 34.1 Å². The summed E-state index contributed by atoms with van der Waals surface area (Å²) in [6, 6.07) is 10.1. The summed E-state index contributed by atoms with van der Waals surface area (Å²) in [7, 11) is 1.69. The van der Waals surface area contributed by atoms with Crippen LogP contribution in [0, 0.1) is 0 Å². The smallest absolute Gasteiger partial charge is 0.143 e. The molecule has 0 spiro atoms. The monoisotopic (exact) mass is 244 g/mol. The number of ether oxygens (including phenoxy) is 1. The number of pyridine rings is 1. The van der Waals surface area contributed by atoms with Gasteiger partial charge in [-0.15, -0.1) is 0 Å². The molecular weight excluding hydrogens is 232 g/mol. The zero-order valence-electron chi connectivity index (χ0n) is 9.38. The zero-order chi connectivity index (χ0) is 11.7. The lowest BCUT2D eigenvalue weighted by Gasteiger charge is -2.10. The van der Waals surface area contributed by atoms with Gasteiger partial charge in [0.15, 0.2) is 0 Å². The number of benzene rings is 1. The lowest BCUT2D eigenvalue weighted by molar-refractivity contribution is 0.415. The Hall–Kier alpha value is -1.68. The Labute approximate surface area is 104 Å². The maximum atomic E-state index is 5.35. The molecule has 1 unspecified atom stereocenters. The quantitative estimate of drug-likeness (QED) is 0.879. The van der Waals surface area contributed by atoms with Gasteiger partial charge in [-0.3, -0.25) is 4.98 Å². The van der Waals surface area contributed by atoms with Crippen molar-refractivity contribution in [1.29, 1.82) is 0 Å². The Morgan fingerprint density at radius 1 is 1.29 bits per heavy atom. The van der Waals surface area contributed by atoms with Gasteiger partial charge in [0.25, 0.3) is 0 Å². The Morgan fingerprint density at radius 2 is 2.24 bits per heavy atom. The Balaban J connectivity index is 1.93. The van der Waals surface area contributed by atoms with E-state index in [0.29, 0.717) is 0 Å². The second-order valence-corrected chi connectivity index (χ2v) is 4.91. The molecule has 86 valence electrons. The second kappa shape index (κ2) is 4.30. The van der Waals surface area contributed by atoms with Crippen molar-refractivity contribution >= 4 is 17.4 Å². The lowest BCUT2D eigenvalue weighted by atomic mass is 10.2. The predicted octanol–water partition coefficient (Wildman–Crippen LogP) is 3.31. The molecule has 2 aromatic rings. The summed E-state index contributed by atoms with van der Waals surface area (Å²) in [5, 5.41) is 3.69. The third-order valence-electron chi connectivity index (χ3n) is 2.72. The maximum absolute atomic E-state index is 5.35. The van der Waals surface area contributed by atoms with Gasteiger partial charge in [-0.2, -0.15) is 0 Å². The van der Waals surface area contributed by atoms with Crippen LogP contribution >= 0.6 is 11.8 Å². The van der Waals surface area contributed by atoms with Crippen LogP contribution in [-0.2, 0) is 0 Å². The highest BCUT2D eigenvalue weighted by molar-refractivity contribution is 8.00. The molecule has 0 radical (unpaired) electrons. The lowest BCUT2D eigenvalue weighted by Crippen LogP contribution is -2.02. The highest BCUT2D eigenvalue weighted by atomic mass is 32.2. The molecule has 17 heavy (non-hydrogen) atoms. The van der Waals surface area contributed by atoms with Gasteiger partial charge in [-0.05, 0) is 18.2 Å². The molecule has 1 aliphatic heterocycles. The molecule has 0 saturated heterocycles. The van der Waals surface area contributed by atoms with Crippen LogP contribution in [0.25, 0.3) is 0 Å². The molecule has 1 atom stereocenters. The number of hydrogen-bond acceptors (Lipinski definition) is 4. The van der Waals surface area contributed by atoms with Crippen molar-refractivity contribution in [1.82, 2.24) is 4.98 Å². The summed E-state index contributed by atoms with van der Waals surface area (Å²) >= 11 is 1.79. The summed E-state index contributed by atoms with van der Waals surface area (Å²) in [5.41, 5.74) is 2.25. The van der Waals surface area contributed by atoms with Crippen molar-refractivity contribution in [2.45, 2.75) is 10.3 Å². The number of para-hydroxylation sites is 1. The predicted molar refractivity (Wildman–Crippen MR) is 69.5 cm³/mol. The van der Waals surface area contributed by atoms with Crippen molar-refractivity contribution < 1.29 is 4.74 Å². The molecule has 4 heteroatoms. The minimum absolute atomic E-state index is 0.218. The van der Waals surface area contributed by atoms with Crippen molar-refractivity contribution in [3.63, 3.8) is 0 Å². The Kier molecular flexibility index (Phi) is 2.65. The summed E-state index contributed by atoms with van der Waals surface area (Å²) in [6.07, 6.45) is 3.68. The Bertz CT molecular complexity index is 530. The summed E-state index contributed by atoms with van der Waals surface area (Å²) in [5.74, 6) is 0.890. The molecular formula is C13H12N2OS. The van der Waals surface area contributed by atoms with E-state index in [4.69, 9.17) is 4.74 Å². The number of thioether (sulfide) groups is 1. The van der Waals surface area contributed by atoms with Crippen molar-refractivity contribution in [2.75, 3.05) is 12.4 Å². The highest BCUT2D eigenvalue weighted by Crippen LogP contribution is 2.49. The molecule has 0 bridgehead atoms. The fraction of sp³-hybridized carbons (Fsp3) is 0.154. The van der Waals surface area contributed by atoms with Gasteiger partial charge < -0.3 is 10.1 Å². The average molecular weight is 244 g/mol. The number of nitrogens with zero attached hydrogens (tertiary/aromatic N) is 1. The SMILES string of the molecule is COc1cccc2c1NC(c1cccnc1)S2. The van der Waals surface area contributed by atoms with Crippen LogP contribution in [0.4, 0.5) is 5.69 Å². The molecule has 3 rings (SSSR count). The van der Waals surface area contributed by atoms with Gasteiger partial charge in [0.05, 0.1) is 12.8 Å². The zero-order valence-corrected chi connectivity index (χ0v) is 10.2. The van der Waals surface area contributed by atoms with E-state index in [1.54, 1.807) is 25.1 Å². The largest absolute Gasteiger partial charge is 0.495 e. The number of aromatic nitrogens is 1. The minimum Gasteiger partial charge on any atom is -0.495 e. The van der Waals surface area contributed by atoms with E-state index >= 15 is 0 Å². The number of rotatable bonds is 2. The highest BCUT2D eigenvalue weighted by Gasteiger charge is 2.25. The molecule has 1 N–H and O–H groups in total. The fourth-order valence-corrected chi connectivity index (χ4v) is 3.03. The first-order valence-electron chi connectivity index (χ1n) is 5.38. The van der Waals surface area contributed by atoms with Crippen molar-refractivity contribution in [3.8, 4) is 5.75 Å². The van der Waals surface area contributed by atoms with Crippen LogP contribution in [0.15, 0.2) is 47.6 Å². The van der Waals surface area contributed by atoms with E-state index in [9.17, 15) is 0 Å². The van der Waals surface area contributed by atoms with Crippen LogP contribution in [0.1, 0.15) is 10.9 Å². The van der Waals surface area contributed by atoms with Gasteiger partial charge >= 0.3 is 0 Å². The van der Waals surface area contributed by atoms with E-state index in [1.807, 2.05) is 24.4 Å². The Morgan fingerprint density at radius 3 is 3.00 bits per heavy atom. The standard InChI is InChI=1S/C13H12N2OS/c1-16-10-5-2-6-11-12(10)15-13(17-11)9-4-3-7-14-8-9/h2-8,13,15H,1H3. The average Bonchev–Trinajstić information content (AvgIpc) is 2.83. The first kappa shape index (κ1) is 10.5. The third kappa shape index (κ3) is 1.85. The molecule has 1 aromatic heterocycles. The number of nitrogens with one attached hydrogen (secondary N) is 1. The number of methoxy groups -OCH3 is 1. The maximum Gasteiger partial charge on any atom is 0.143 e. The van der Waals surface area contributed by atoms with Crippen molar-refractivity contribution in [2.24, 2.45) is 0 Å². The molecule has 0 amide bonds. The first-order valence-corrected chi connectivity index (χ1v) is 6.26. The van der Waals surface area contributed by atoms with Gasteiger partial charge in [-0.25, -0.2) is 0 Å². The molecule has 1 aromatic carbocycles. The fourth-order valence-electron chi connectivity index (χ4n) is 1.89. The van der Waals surface area contributed by atoms with E-state index in [0.717, 1.165) is 11.4 Å². The summed E-state index contributed by atoms with van der Waals surface area (Å²) < 4.78 is 5.35. The number of hydrogen-bond donors (Lipinski definition) is 1. The van der Waals surface area contributed by atoms with Crippen molar-refractivity contribution in [3.05, 3.63) is 48.3 Å². The minimum atomic E-state index is 0.218. The van der Waals surface area contributed by atoms with E-state index in [-0.39, 0.29) is 5.37 Å². The second-order valence-electron chi connectivity index (χ2n) is 3.76. The van der Waals surface area contributed by atoms with Crippen LogP contribution in [0.2, 0.25) is 0 Å². The van der Waals surface area contributed by atoms with Crippen LogP contribution in [0.5, 0.6) is 5.75 Å². The van der Waals surface area contributed by atoms with Gasteiger partial charge in [0.2, 0.25) is 0 Å². The summed E-state index contributed by atoms with van der Waals surface area (Å²) in [4.78, 5) is 5.37. The van der Waals surface area contributed by atoms with Gasteiger partial charge in [0, 0.05) is 22.9 Å². The van der Waals surface area contributed by atoms with Crippen LogP contribution in [-0.4, -0.2) is 12.1 Å². The molecule has 3 nitrogen and oxygen atoms in total. The van der Waals surface area contributed by atoms with Crippen LogP contribution in [0.3, 0.4) is 0 Å². The van der Waals surface area contributed by atoms with Gasteiger partial charge in [0.1, 0.15) is 11.1 Å². The first-order chi connectivity index (χ1) is 8.38. The molecule has 0 aliphatic carbocycles.